The van der Waals surface area contributed by atoms with Gasteiger partial charge in [0.1, 0.15) is 6.04 Å². The SMILES string of the molecule is Cc1c(Cl)ccc2sc(NC(=O)C3CCCCN3S(C)(=O)=O)nc12. The number of nitrogens with zero attached hydrogens (tertiary/aromatic N) is 2. The number of carbonyl (C=O) groups excluding carboxylic acids is 1. The molecule has 1 aliphatic heterocycles. The summed E-state index contributed by atoms with van der Waals surface area (Å²) in [4.78, 5) is 17.0. The highest BCUT2D eigenvalue weighted by Gasteiger charge is 2.34. The third-order valence-electron chi connectivity index (χ3n) is 4.16. The largest absolute Gasteiger partial charge is 0.301 e. The summed E-state index contributed by atoms with van der Waals surface area (Å²) < 4.78 is 26.0. The van der Waals surface area contributed by atoms with E-state index in [1.807, 2.05) is 13.0 Å². The molecule has 0 spiro atoms. The Morgan fingerprint density at radius 3 is 2.88 bits per heavy atom. The van der Waals surface area contributed by atoms with Crippen LogP contribution in [0.3, 0.4) is 0 Å². The molecule has 1 aliphatic rings. The van der Waals surface area contributed by atoms with Gasteiger partial charge in [0.25, 0.3) is 0 Å². The number of carbonyl (C=O) groups is 1. The van der Waals surface area contributed by atoms with Gasteiger partial charge in [-0.2, -0.15) is 4.31 Å². The standard InChI is InChI=1S/C15H18ClN3O3S2/c1-9-10(16)6-7-12-13(9)17-15(23-12)18-14(20)11-5-3-4-8-19(11)24(2,21)22/h6-7,11H,3-5,8H2,1-2H3,(H,17,18,20). The number of aromatic nitrogens is 1. The number of aryl methyl sites for hydroxylation is 1. The van der Waals surface area contributed by atoms with Crippen molar-refractivity contribution in [2.45, 2.75) is 32.2 Å². The number of benzene rings is 1. The molecule has 2 heterocycles. The number of thiazole rings is 1. The molecule has 3 rings (SSSR count). The van der Waals surface area contributed by atoms with E-state index in [4.69, 9.17) is 11.6 Å². The monoisotopic (exact) mass is 387 g/mol. The first-order valence-corrected chi connectivity index (χ1v) is 10.6. The van der Waals surface area contributed by atoms with Gasteiger partial charge in [-0.05, 0) is 37.5 Å². The van der Waals surface area contributed by atoms with Crippen molar-refractivity contribution in [1.29, 1.82) is 0 Å². The van der Waals surface area contributed by atoms with Crippen molar-refractivity contribution in [3.05, 3.63) is 22.7 Å². The molecule has 6 nitrogen and oxygen atoms in total. The lowest BCUT2D eigenvalue weighted by molar-refractivity contribution is -0.120. The third-order valence-corrected chi connectivity index (χ3v) is 6.79. The quantitative estimate of drug-likeness (QED) is 0.877. The first-order chi connectivity index (χ1) is 11.3. The van der Waals surface area contributed by atoms with Crippen LogP contribution in [0.15, 0.2) is 12.1 Å². The molecule has 130 valence electrons. The van der Waals surface area contributed by atoms with Crippen LogP contribution in [0.2, 0.25) is 5.02 Å². The van der Waals surface area contributed by atoms with Crippen LogP contribution >= 0.6 is 22.9 Å². The number of amides is 1. The maximum Gasteiger partial charge on any atom is 0.244 e. The van der Waals surface area contributed by atoms with Gasteiger partial charge in [-0.3, -0.25) is 4.79 Å². The van der Waals surface area contributed by atoms with Crippen molar-refractivity contribution in [3.8, 4) is 0 Å². The predicted octanol–water partition coefficient (Wildman–Crippen LogP) is 3.01. The van der Waals surface area contributed by atoms with Gasteiger partial charge < -0.3 is 5.32 Å². The Balaban J connectivity index is 1.85. The molecule has 0 aliphatic carbocycles. The Labute approximate surface area is 149 Å². The molecular formula is C15H18ClN3O3S2. The summed E-state index contributed by atoms with van der Waals surface area (Å²) >= 11 is 7.45. The Kier molecular flexibility index (Phi) is 4.83. The van der Waals surface area contributed by atoms with E-state index in [0.29, 0.717) is 23.1 Å². The van der Waals surface area contributed by atoms with Gasteiger partial charge in [0, 0.05) is 11.6 Å². The summed E-state index contributed by atoms with van der Waals surface area (Å²) in [5, 5.41) is 3.85. The molecule has 0 saturated carbocycles. The Morgan fingerprint density at radius 2 is 2.17 bits per heavy atom. The molecule has 24 heavy (non-hydrogen) atoms. The number of hydrogen-bond donors (Lipinski definition) is 1. The molecule has 0 radical (unpaired) electrons. The second kappa shape index (κ2) is 6.59. The van der Waals surface area contributed by atoms with Crippen molar-refractivity contribution >= 4 is 54.2 Å². The lowest BCUT2D eigenvalue weighted by Crippen LogP contribution is -2.49. The normalized spacial score (nSPS) is 19.5. The number of fused-ring (bicyclic) bond motifs is 1. The minimum atomic E-state index is -3.41. The average Bonchev–Trinajstić information content (AvgIpc) is 2.93. The molecule has 1 aromatic carbocycles. The summed E-state index contributed by atoms with van der Waals surface area (Å²) in [6, 6.07) is 2.99. The van der Waals surface area contributed by atoms with Crippen molar-refractivity contribution < 1.29 is 13.2 Å². The lowest BCUT2D eigenvalue weighted by Gasteiger charge is -2.32. The van der Waals surface area contributed by atoms with Crippen molar-refractivity contribution in [2.75, 3.05) is 18.1 Å². The van der Waals surface area contributed by atoms with E-state index in [1.54, 1.807) is 6.07 Å². The molecular weight excluding hydrogens is 370 g/mol. The molecule has 1 fully saturated rings. The van der Waals surface area contributed by atoms with Gasteiger partial charge in [-0.1, -0.05) is 29.4 Å². The first kappa shape index (κ1) is 17.6. The zero-order valence-electron chi connectivity index (χ0n) is 13.4. The second-order valence-electron chi connectivity index (χ2n) is 5.91. The first-order valence-electron chi connectivity index (χ1n) is 7.60. The number of nitrogens with one attached hydrogen (secondary N) is 1. The van der Waals surface area contributed by atoms with Crippen LogP contribution in [0.5, 0.6) is 0 Å². The minimum absolute atomic E-state index is 0.331. The summed E-state index contributed by atoms with van der Waals surface area (Å²) in [5.41, 5.74) is 1.62. The second-order valence-corrected chi connectivity index (χ2v) is 9.29. The highest BCUT2D eigenvalue weighted by molar-refractivity contribution is 7.88. The van der Waals surface area contributed by atoms with Gasteiger partial charge >= 0.3 is 0 Å². The van der Waals surface area contributed by atoms with E-state index in [2.05, 4.69) is 10.3 Å². The number of hydrogen-bond acceptors (Lipinski definition) is 5. The van der Waals surface area contributed by atoms with Gasteiger partial charge in [0.2, 0.25) is 15.9 Å². The molecule has 2 aromatic rings. The van der Waals surface area contributed by atoms with Crippen LogP contribution in [-0.4, -0.2) is 42.5 Å². The smallest absolute Gasteiger partial charge is 0.244 e. The summed E-state index contributed by atoms with van der Waals surface area (Å²) in [7, 11) is -3.41. The number of piperidine rings is 1. The predicted molar refractivity (Wildman–Crippen MR) is 97.2 cm³/mol. The van der Waals surface area contributed by atoms with Crippen LogP contribution in [0.25, 0.3) is 10.2 Å². The van der Waals surface area contributed by atoms with Crippen LogP contribution in [0.4, 0.5) is 5.13 Å². The van der Waals surface area contributed by atoms with Gasteiger partial charge in [-0.25, -0.2) is 13.4 Å². The fourth-order valence-corrected chi connectivity index (χ4v) is 5.11. The molecule has 1 N–H and O–H groups in total. The topological polar surface area (TPSA) is 79.4 Å². The van der Waals surface area contributed by atoms with Gasteiger partial charge in [0.05, 0.1) is 16.5 Å². The van der Waals surface area contributed by atoms with E-state index < -0.39 is 16.1 Å². The Morgan fingerprint density at radius 1 is 1.42 bits per heavy atom. The molecule has 1 atom stereocenters. The summed E-state index contributed by atoms with van der Waals surface area (Å²) in [5.74, 6) is -0.331. The van der Waals surface area contributed by atoms with Crippen LogP contribution in [0, 0.1) is 6.92 Å². The van der Waals surface area contributed by atoms with E-state index in [1.165, 1.54) is 15.6 Å². The molecule has 1 saturated heterocycles. The summed E-state index contributed by atoms with van der Waals surface area (Å²) in [6.45, 7) is 2.26. The molecule has 1 unspecified atom stereocenters. The van der Waals surface area contributed by atoms with E-state index in [-0.39, 0.29) is 5.91 Å². The fraction of sp³-hybridized carbons (Fsp3) is 0.467. The van der Waals surface area contributed by atoms with Crippen molar-refractivity contribution in [1.82, 2.24) is 9.29 Å². The zero-order chi connectivity index (χ0) is 17.5. The van der Waals surface area contributed by atoms with E-state index in [0.717, 1.165) is 34.9 Å². The van der Waals surface area contributed by atoms with Crippen LogP contribution < -0.4 is 5.32 Å². The highest BCUT2D eigenvalue weighted by Crippen LogP contribution is 2.32. The molecule has 1 amide bonds. The maximum absolute atomic E-state index is 12.6. The Bertz CT molecular complexity index is 895. The van der Waals surface area contributed by atoms with Gasteiger partial charge in [0.15, 0.2) is 5.13 Å². The molecule has 0 bridgehead atoms. The average molecular weight is 388 g/mol. The third kappa shape index (κ3) is 3.42. The van der Waals surface area contributed by atoms with Crippen molar-refractivity contribution in [2.24, 2.45) is 0 Å². The molecule has 1 aromatic heterocycles. The van der Waals surface area contributed by atoms with Crippen LogP contribution in [0.1, 0.15) is 24.8 Å². The number of anilines is 1. The number of sulfonamides is 1. The minimum Gasteiger partial charge on any atom is -0.301 e. The van der Waals surface area contributed by atoms with Crippen molar-refractivity contribution in [3.63, 3.8) is 0 Å². The fourth-order valence-electron chi connectivity index (χ4n) is 2.91. The molecule has 9 heteroatoms. The van der Waals surface area contributed by atoms with E-state index >= 15 is 0 Å². The lowest BCUT2D eigenvalue weighted by atomic mass is 10.0. The number of halogens is 1. The zero-order valence-corrected chi connectivity index (χ0v) is 15.8. The Hall–Kier alpha value is -1.22. The number of rotatable bonds is 3. The van der Waals surface area contributed by atoms with Gasteiger partial charge in [-0.15, -0.1) is 0 Å². The highest BCUT2D eigenvalue weighted by atomic mass is 35.5. The van der Waals surface area contributed by atoms with Crippen LogP contribution in [-0.2, 0) is 14.8 Å². The summed E-state index contributed by atoms with van der Waals surface area (Å²) in [6.07, 6.45) is 3.27. The maximum atomic E-state index is 12.6. The van der Waals surface area contributed by atoms with E-state index in [9.17, 15) is 13.2 Å².